The van der Waals surface area contributed by atoms with Crippen LogP contribution in [0.5, 0.6) is 0 Å². The lowest BCUT2D eigenvalue weighted by Gasteiger charge is -2.32. The number of alkyl halides is 3. The highest BCUT2D eigenvalue weighted by molar-refractivity contribution is 5.91. The normalized spacial score (nSPS) is 19.1. The summed E-state index contributed by atoms with van der Waals surface area (Å²) >= 11 is 0. The molecule has 0 unspecified atom stereocenters. The van der Waals surface area contributed by atoms with Crippen LogP contribution < -0.4 is 0 Å². The molecule has 0 radical (unpaired) electrons. The molecule has 1 aliphatic carbocycles. The minimum atomic E-state index is -4.80. The van der Waals surface area contributed by atoms with Crippen LogP contribution in [0.25, 0.3) is 0 Å². The highest BCUT2D eigenvalue weighted by atomic mass is 19.4. The molecule has 0 bridgehead atoms. The molecule has 0 spiro atoms. The molecule has 0 heterocycles. The van der Waals surface area contributed by atoms with Gasteiger partial charge in [0.15, 0.2) is 11.4 Å². The average Bonchev–Trinajstić information content (AvgIpc) is 2.38. The average molecular weight is 298 g/mol. The number of hydrogen-bond acceptors (Lipinski definition) is 2. The van der Waals surface area contributed by atoms with Gasteiger partial charge in [0.2, 0.25) is 0 Å². The predicted molar refractivity (Wildman–Crippen MR) is 72.7 cm³/mol. The van der Waals surface area contributed by atoms with Gasteiger partial charge in [0, 0.05) is 12.8 Å². The highest BCUT2D eigenvalue weighted by Gasteiger charge is 2.55. The summed E-state index contributed by atoms with van der Waals surface area (Å²) in [5.41, 5.74) is -1.98. The van der Waals surface area contributed by atoms with Gasteiger partial charge in [-0.3, -0.25) is 4.79 Å². The van der Waals surface area contributed by atoms with E-state index in [9.17, 15) is 23.1 Å². The molecule has 2 nitrogen and oxygen atoms in total. The fourth-order valence-electron chi connectivity index (χ4n) is 2.52. The van der Waals surface area contributed by atoms with Crippen LogP contribution >= 0.6 is 0 Å². The summed E-state index contributed by atoms with van der Waals surface area (Å²) in [5.74, 6) is -0.176. The number of rotatable bonds is 3. The van der Waals surface area contributed by atoms with Gasteiger partial charge in [0.25, 0.3) is 0 Å². The van der Waals surface area contributed by atoms with Crippen molar-refractivity contribution in [2.24, 2.45) is 0 Å². The van der Waals surface area contributed by atoms with E-state index in [1.807, 2.05) is 0 Å². The molecule has 1 N–H and O–H groups in total. The number of ketones is 1. The number of hydrogen-bond donors (Lipinski definition) is 1. The maximum atomic E-state index is 13.4. The summed E-state index contributed by atoms with van der Waals surface area (Å²) in [7, 11) is 0. The number of aryl methyl sites for hydroxylation is 1. The maximum Gasteiger partial charge on any atom is 0.421 e. The topological polar surface area (TPSA) is 37.3 Å². The van der Waals surface area contributed by atoms with Gasteiger partial charge in [-0.15, -0.1) is 0 Å². The minimum Gasteiger partial charge on any atom is -0.376 e. The smallest absolute Gasteiger partial charge is 0.376 e. The van der Waals surface area contributed by atoms with Gasteiger partial charge < -0.3 is 5.11 Å². The van der Waals surface area contributed by atoms with Gasteiger partial charge in [-0.2, -0.15) is 13.2 Å². The Hall–Kier alpha value is -1.62. The zero-order chi connectivity index (χ0) is 15.7. The van der Waals surface area contributed by atoms with Crippen molar-refractivity contribution >= 4 is 5.78 Å². The first-order valence-electron chi connectivity index (χ1n) is 6.81. The number of aliphatic hydroxyl groups is 1. The summed E-state index contributed by atoms with van der Waals surface area (Å²) in [6.45, 7) is 1.76. The Labute approximate surface area is 121 Å². The Morgan fingerprint density at radius 2 is 1.76 bits per heavy atom. The van der Waals surface area contributed by atoms with Crippen molar-refractivity contribution in [2.75, 3.05) is 0 Å². The molecule has 0 aliphatic heterocycles. The van der Waals surface area contributed by atoms with Crippen molar-refractivity contribution in [1.82, 2.24) is 0 Å². The van der Waals surface area contributed by atoms with Crippen molar-refractivity contribution in [3.05, 3.63) is 47.0 Å². The van der Waals surface area contributed by atoms with Crippen molar-refractivity contribution in [2.45, 2.75) is 44.4 Å². The molecule has 0 saturated carbocycles. The van der Waals surface area contributed by atoms with Crippen molar-refractivity contribution < 1.29 is 23.1 Å². The summed E-state index contributed by atoms with van der Waals surface area (Å²) in [6, 6.07) is 5.64. The summed E-state index contributed by atoms with van der Waals surface area (Å²) in [4.78, 5) is 11.4. The number of benzene rings is 1. The lowest BCUT2D eigenvalue weighted by Crippen LogP contribution is -2.42. The van der Waals surface area contributed by atoms with E-state index in [2.05, 4.69) is 0 Å². The molecule has 1 aromatic rings. The van der Waals surface area contributed by atoms with Gasteiger partial charge in [-0.1, -0.05) is 35.4 Å². The molecule has 1 atom stereocenters. The molecule has 1 aliphatic rings. The van der Waals surface area contributed by atoms with Crippen LogP contribution in [0.1, 0.15) is 36.8 Å². The van der Waals surface area contributed by atoms with Crippen molar-refractivity contribution in [3.8, 4) is 0 Å². The van der Waals surface area contributed by atoms with E-state index in [0.717, 1.165) is 5.56 Å². The number of halogens is 3. The lowest BCUT2D eigenvalue weighted by molar-refractivity contribution is -0.266. The van der Waals surface area contributed by atoms with Crippen LogP contribution in [-0.2, 0) is 10.4 Å². The quantitative estimate of drug-likeness (QED) is 0.921. The Bertz CT molecular complexity index is 558. The van der Waals surface area contributed by atoms with Crippen LogP contribution in [0.2, 0.25) is 0 Å². The first-order valence-corrected chi connectivity index (χ1v) is 6.81. The first kappa shape index (κ1) is 15.8. The van der Waals surface area contributed by atoms with Crippen LogP contribution in [0.4, 0.5) is 13.2 Å². The fraction of sp³-hybridized carbons (Fsp3) is 0.438. The Kier molecular flexibility index (Phi) is 4.23. The van der Waals surface area contributed by atoms with Crippen LogP contribution in [0.3, 0.4) is 0 Å². The van der Waals surface area contributed by atoms with Gasteiger partial charge in [-0.25, -0.2) is 0 Å². The Balaban J connectivity index is 2.38. The van der Waals surface area contributed by atoms with E-state index >= 15 is 0 Å². The number of carbonyl (C=O) groups is 1. The minimum absolute atomic E-state index is 0.176. The van der Waals surface area contributed by atoms with Crippen LogP contribution in [0, 0.1) is 6.92 Å². The summed E-state index contributed by atoms with van der Waals surface area (Å²) in [5, 5.41) is 10.3. The van der Waals surface area contributed by atoms with Crippen LogP contribution in [-0.4, -0.2) is 17.1 Å². The first-order chi connectivity index (χ1) is 9.72. The number of allylic oxidation sites excluding steroid dienone is 1. The zero-order valence-corrected chi connectivity index (χ0v) is 11.7. The third kappa shape index (κ3) is 3.35. The molecule has 0 aromatic heterocycles. The molecule has 1 aromatic carbocycles. The van der Waals surface area contributed by atoms with Crippen molar-refractivity contribution in [1.29, 1.82) is 0 Å². The maximum absolute atomic E-state index is 13.4. The fourth-order valence-corrected chi connectivity index (χ4v) is 2.52. The molecular weight excluding hydrogens is 281 g/mol. The molecule has 0 amide bonds. The van der Waals surface area contributed by atoms with E-state index < -0.39 is 18.2 Å². The molecule has 114 valence electrons. The second-order valence-corrected chi connectivity index (χ2v) is 5.52. The number of carbonyl (C=O) groups excluding carboxylic acids is 1. The van der Waals surface area contributed by atoms with Crippen LogP contribution in [0.15, 0.2) is 35.9 Å². The van der Waals surface area contributed by atoms with E-state index in [4.69, 9.17) is 0 Å². The van der Waals surface area contributed by atoms with Gasteiger partial charge >= 0.3 is 6.18 Å². The lowest BCUT2D eigenvalue weighted by atomic mass is 9.82. The molecule has 21 heavy (non-hydrogen) atoms. The molecule has 0 saturated heterocycles. The van der Waals surface area contributed by atoms with E-state index in [1.165, 1.54) is 30.3 Å². The molecule has 0 fully saturated rings. The second kappa shape index (κ2) is 5.64. The SMILES string of the molecule is Cc1ccc([C@](O)(CC2=CC(=O)CCC2)C(F)(F)F)cc1. The van der Waals surface area contributed by atoms with Gasteiger partial charge in [0.05, 0.1) is 0 Å². The van der Waals surface area contributed by atoms with Gasteiger partial charge in [-0.05, 0) is 31.4 Å². The Morgan fingerprint density at radius 3 is 2.29 bits per heavy atom. The van der Waals surface area contributed by atoms with E-state index in [1.54, 1.807) is 6.92 Å². The van der Waals surface area contributed by atoms with Crippen molar-refractivity contribution in [3.63, 3.8) is 0 Å². The predicted octanol–water partition coefficient (Wildman–Crippen LogP) is 3.81. The largest absolute Gasteiger partial charge is 0.421 e. The highest BCUT2D eigenvalue weighted by Crippen LogP contribution is 2.44. The second-order valence-electron chi connectivity index (χ2n) is 5.52. The monoisotopic (exact) mass is 298 g/mol. The molecule has 2 rings (SSSR count). The molecular formula is C16H17F3O2. The molecule has 5 heteroatoms. The van der Waals surface area contributed by atoms with E-state index in [-0.39, 0.29) is 11.3 Å². The third-order valence-electron chi connectivity index (χ3n) is 3.77. The van der Waals surface area contributed by atoms with E-state index in [0.29, 0.717) is 24.8 Å². The summed E-state index contributed by atoms with van der Waals surface area (Å²) < 4.78 is 40.1. The Morgan fingerprint density at radius 1 is 1.14 bits per heavy atom. The standard InChI is InChI=1S/C16H17F3O2/c1-11-5-7-13(8-6-11)15(21,16(17,18)19)10-12-3-2-4-14(20)9-12/h5-9,21H,2-4,10H2,1H3/t15-/m1/s1. The summed E-state index contributed by atoms with van der Waals surface area (Å²) in [6.07, 6.45) is -2.84. The zero-order valence-electron chi connectivity index (χ0n) is 11.7. The third-order valence-corrected chi connectivity index (χ3v) is 3.77. The van der Waals surface area contributed by atoms with Gasteiger partial charge in [0.1, 0.15) is 0 Å².